The molecule has 3 nitrogen and oxygen atoms in total. The van der Waals surface area contributed by atoms with Gasteiger partial charge in [0.1, 0.15) is 0 Å². The van der Waals surface area contributed by atoms with E-state index < -0.39 is 0 Å². The Kier molecular flexibility index (Phi) is 4.27. The first-order valence-electron chi connectivity index (χ1n) is 6.41. The number of benzene rings is 1. The molecule has 0 aliphatic heterocycles. The largest absolute Gasteiger partial charge is 0.375 e. The highest BCUT2D eigenvalue weighted by Gasteiger charge is 2.30. The van der Waals surface area contributed by atoms with Crippen molar-refractivity contribution in [3.8, 4) is 0 Å². The summed E-state index contributed by atoms with van der Waals surface area (Å²) in [5, 5.41) is 3.21. The molecule has 0 aromatic heterocycles. The fourth-order valence-electron chi connectivity index (χ4n) is 2.07. The molecule has 2 rings (SSSR count). The van der Waals surface area contributed by atoms with Crippen LogP contribution in [0.1, 0.15) is 25.3 Å². The Balaban J connectivity index is 1.94. The number of nitrogens with zero attached hydrogens (tertiary/aromatic N) is 1. The van der Waals surface area contributed by atoms with Crippen LogP contribution in [-0.2, 0) is 4.79 Å². The highest BCUT2D eigenvalue weighted by molar-refractivity contribution is 9.10. The van der Waals surface area contributed by atoms with E-state index in [0.717, 1.165) is 29.5 Å². The van der Waals surface area contributed by atoms with Crippen LogP contribution in [0.15, 0.2) is 22.7 Å². The molecule has 0 spiro atoms. The van der Waals surface area contributed by atoms with Crippen molar-refractivity contribution < 1.29 is 4.79 Å². The number of nitrogens with one attached hydrogen (secondary N) is 1. The third-order valence-corrected chi connectivity index (χ3v) is 3.89. The van der Waals surface area contributed by atoms with Gasteiger partial charge in [0.05, 0.1) is 6.54 Å². The minimum Gasteiger partial charge on any atom is -0.375 e. The third-order valence-electron chi connectivity index (χ3n) is 3.20. The lowest BCUT2D eigenvalue weighted by Crippen LogP contribution is -2.37. The van der Waals surface area contributed by atoms with E-state index in [1.54, 1.807) is 0 Å². The Morgan fingerprint density at radius 3 is 2.83 bits per heavy atom. The molecular formula is C14H19BrN2O. The Hall–Kier alpha value is -1.03. The summed E-state index contributed by atoms with van der Waals surface area (Å²) in [5.41, 5.74) is 2.16. The fourth-order valence-corrected chi connectivity index (χ4v) is 2.46. The van der Waals surface area contributed by atoms with Gasteiger partial charge in [-0.05, 0) is 60.3 Å². The van der Waals surface area contributed by atoms with Gasteiger partial charge >= 0.3 is 0 Å². The van der Waals surface area contributed by atoms with Crippen LogP contribution < -0.4 is 5.32 Å². The van der Waals surface area contributed by atoms with Gasteiger partial charge in [-0.15, -0.1) is 0 Å². The predicted octanol–water partition coefficient (Wildman–Crippen LogP) is 3.18. The van der Waals surface area contributed by atoms with Gasteiger partial charge in [0.15, 0.2) is 0 Å². The van der Waals surface area contributed by atoms with Crippen LogP contribution in [0, 0.1) is 6.92 Å². The second-order valence-corrected chi connectivity index (χ2v) is 5.60. The molecule has 1 aromatic rings. The molecule has 98 valence electrons. The number of rotatable bonds is 5. The first-order valence-corrected chi connectivity index (χ1v) is 7.20. The first-order chi connectivity index (χ1) is 8.61. The van der Waals surface area contributed by atoms with Crippen molar-refractivity contribution in [3.63, 3.8) is 0 Å². The van der Waals surface area contributed by atoms with Gasteiger partial charge in [-0.2, -0.15) is 0 Å². The van der Waals surface area contributed by atoms with Crippen LogP contribution in [0.5, 0.6) is 0 Å². The maximum atomic E-state index is 12.1. The highest BCUT2D eigenvalue weighted by Crippen LogP contribution is 2.27. The van der Waals surface area contributed by atoms with E-state index in [2.05, 4.69) is 21.2 Å². The van der Waals surface area contributed by atoms with E-state index >= 15 is 0 Å². The zero-order valence-corrected chi connectivity index (χ0v) is 12.5. The Morgan fingerprint density at radius 1 is 1.50 bits per heavy atom. The highest BCUT2D eigenvalue weighted by atomic mass is 79.9. The lowest BCUT2D eigenvalue weighted by Gasteiger charge is -2.21. The minimum absolute atomic E-state index is 0.188. The third kappa shape index (κ3) is 3.25. The van der Waals surface area contributed by atoms with E-state index in [-0.39, 0.29) is 5.91 Å². The molecule has 1 aromatic carbocycles. The van der Waals surface area contributed by atoms with Crippen molar-refractivity contribution >= 4 is 27.5 Å². The topological polar surface area (TPSA) is 32.3 Å². The maximum absolute atomic E-state index is 12.1. The predicted molar refractivity (Wildman–Crippen MR) is 77.8 cm³/mol. The molecule has 0 bridgehead atoms. The average molecular weight is 311 g/mol. The van der Waals surface area contributed by atoms with Gasteiger partial charge in [0.25, 0.3) is 0 Å². The van der Waals surface area contributed by atoms with Gasteiger partial charge in [-0.3, -0.25) is 4.79 Å². The molecule has 1 N–H and O–H groups in total. The molecule has 0 heterocycles. The van der Waals surface area contributed by atoms with Crippen LogP contribution in [0.4, 0.5) is 5.69 Å². The van der Waals surface area contributed by atoms with E-state index in [0.29, 0.717) is 12.6 Å². The van der Waals surface area contributed by atoms with Crippen LogP contribution in [0.25, 0.3) is 0 Å². The normalized spacial score (nSPS) is 14.4. The Morgan fingerprint density at radius 2 is 2.22 bits per heavy atom. The molecule has 1 fully saturated rings. The number of carbonyl (C=O) groups excluding carboxylic acids is 1. The summed E-state index contributed by atoms with van der Waals surface area (Å²) >= 11 is 3.49. The minimum atomic E-state index is 0.188. The molecular weight excluding hydrogens is 292 g/mol. The lowest BCUT2D eigenvalue weighted by molar-refractivity contribution is -0.129. The van der Waals surface area contributed by atoms with Crippen LogP contribution in [0.2, 0.25) is 0 Å². The zero-order valence-electron chi connectivity index (χ0n) is 10.9. The Labute approximate surface area is 117 Å². The lowest BCUT2D eigenvalue weighted by atomic mass is 10.2. The van der Waals surface area contributed by atoms with Crippen molar-refractivity contribution in [1.82, 2.24) is 4.90 Å². The molecule has 1 aliphatic carbocycles. The summed E-state index contributed by atoms with van der Waals surface area (Å²) in [4.78, 5) is 14.0. The molecule has 4 heteroatoms. The molecule has 0 unspecified atom stereocenters. The summed E-state index contributed by atoms with van der Waals surface area (Å²) in [6.45, 7) is 5.26. The number of amides is 1. The smallest absolute Gasteiger partial charge is 0.242 e. The summed E-state index contributed by atoms with van der Waals surface area (Å²) in [6.07, 6.45) is 2.32. The summed E-state index contributed by atoms with van der Waals surface area (Å²) in [5.74, 6) is 0.188. The standard InChI is InChI=1S/C14H19BrN2O/c1-3-17(11-5-6-11)14(18)9-16-13-8-10(2)4-7-12(13)15/h4,7-8,11,16H,3,5-6,9H2,1-2H3. The number of aryl methyl sites for hydroxylation is 1. The summed E-state index contributed by atoms with van der Waals surface area (Å²) < 4.78 is 0.996. The van der Waals surface area contributed by atoms with Crippen LogP contribution in [-0.4, -0.2) is 29.9 Å². The molecule has 1 saturated carbocycles. The molecule has 0 atom stereocenters. The van der Waals surface area contributed by atoms with Crippen LogP contribution >= 0.6 is 15.9 Å². The summed E-state index contributed by atoms with van der Waals surface area (Å²) in [6, 6.07) is 6.58. The number of hydrogen-bond acceptors (Lipinski definition) is 2. The van der Waals surface area contributed by atoms with Gasteiger partial charge in [0, 0.05) is 22.7 Å². The van der Waals surface area contributed by atoms with Crippen molar-refractivity contribution in [1.29, 1.82) is 0 Å². The van der Waals surface area contributed by atoms with Crippen molar-refractivity contribution in [3.05, 3.63) is 28.2 Å². The van der Waals surface area contributed by atoms with Crippen molar-refractivity contribution in [2.45, 2.75) is 32.7 Å². The molecule has 0 saturated heterocycles. The average Bonchev–Trinajstić information content (AvgIpc) is 3.16. The summed E-state index contributed by atoms with van der Waals surface area (Å²) in [7, 11) is 0. The van der Waals surface area contributed by atoms with Gasteiger partial charge in [-0.1, -0.05) is 6.07 Å². The van der Waals surface area contributed by atoms with Gasteiger partial charge < -0.3 is 10.2 Å². The zero-order chi connectivity index (χ0) is 13.1. The number of halogens is 1. The van der Waals surface area contributed by atoms with E-state index in [1.807, 2.05) is 36.9 Å². The van der Waals surface area contributed by atoms with Gasteiger partial charge in [-0.25, -0.2) is 0 Å². The molecule has 1 amide bonds. The second kappa shape index (κ2) is 5.74. The number of anilines is 1. The van der Waals surface area contributed by atoms with E-state index in [4.69, 9.17) is 0 Å². The van der Waals surface area contributed by atoms with Gasteiger partial charge in [0.2, 0.25) is 5.91 Å². The molecule has 1 aliphatic rings. The molecule has 18 heavy (non-hydrogen) atoms. The SMILES string of the molecule is CCN(C(=O)CNc1cc(C)ccc1Br)C1CC1. The number of likely N-dealkylation sites (N-methyl/N-ethyl adjacent to an activating group) is 1. The van der Waals surface area contributed by atoms with Crippen LogP contribution in [0.3, 0.4) is 0 Å². The van der Waals surface area contributed by atoms with Crippen molar-refractivity contribution in [2.75, 3.05) is 18.4 Å². The Bertz CT molecular complexity index is 443. The van der Waals surface area contributed by atoms with Crippen molar-refractivity contribution in [2.24, 2.45) is 0 Å². The fraction of sp³-hybridized carbons (Fsp3) is 0.500. The van der Waals surface area contributed by atoms with E-state index in [9.17, 15) is 4.79 Å². The maximum Gasteiger partial charge on any atom is 0.242 e. The second-order valence-electron chi connectivity index (χ2n) is 4.75. The number of hydrogen-bond donors (Lipinski definition) is 1. The first kappa shape index (κ1) is 13.4. The monoisotopic (exact) mass is 310 g/mol. The van der Waals surface area contributed by atoms with E-state index in [1.165, 1.54) is 5.56 Å². The quantitative estimate of drug-likeness (QED) is 0.906. The molecule has 0 radical (unpaired) electrons. The number of carbonyl (C=O) groups is 1.